The van der Waals surface area contributed by atoms with Crippen LogP contribution in [-0.2, 0) is 14.3 Å². The number of halogens is 3. The van der Waals surface area contributed by atoms with Gasteiger partial charge in [0.2, 0.25) is 5.91 Å². The lowest BCUT2D eigenvalue weighted by molar-refractivity contribution is -0.372. The van der Waals surface area contributed by atoms with Crippen LogP contribution in [0.1, 0.15) is 24.6 Å². The van der Waals surface area contributed by atoms with Crippen LogP contribution in [0.15, 0.2) is 12.1 Å². The van der Waals surface area contributed by atoms with E-state index >= 15 is 0 Å². The Balaban J connectivity index is 3.41. The quantitative estimate of drug-likeness (QED) is 0.631. The fraction of sp³-hybridized carbons (Fsp3) is 0.500. The molecule has 0 saturated heterocycles. The summed E-state index contributed by atoms with van der Waals surface area (Å²) >= 11 is 0. The molecule has 0 aliphatic carbocycles. The van der Waals surface area contributed by atoms with Gasteiger partial charge in [-0.2, -0.15) is 13.2 Å². The number of anilines is 1. The highest BCUT2D eigenvalue weighted by atomic mass is 19.4. The maximum absolute atomic E-state index is 13.6. The van der Waals surface area contributed by atoms with Crippen LogP contribution in [0.3, 0.4) is 0 Å². The molecule has 9 heteroatoms. The third-order valence-corrected chi connectivity index (χ3v) is 3.04. The van der Waals surface area contributed by atoms with Crippen molar-refractivity contribution in [3.8, 4) is 0 Å². The predicted octanol–water partition coefficient (Wildman–Crippen LogP) is 1.49. The van der Waals surface area contributed by atoms with Crippen molar-refractivity contribution in [2.75, 3.05) is 12.4 Å². The molecule has 6 nitrogen and oxygen atoms in total. The Hall–Kier alpha value is -2.32. The van der Waals surface area contributed by atoms with Gasteiger partial charge in [0.05, 0.1) is 12.8 Å². The number of H-pyrrole nitrogens is 1. The smallest absolute Gasteiger partial charge is 0.464 e. The predicted molar refractivity (Wildman–Crippen MR) is 75.3 cm³/mol. The average molecular weight is 334 g/mol. The summed E-state index contributed by atoms with van der Waals surface area (Å²) in [6.45, 7) is 4.71. The van der Waals surface area contributed by atoms with E-state index in [0.717, 1.165) is 7.11 Å². The van der Waals surface area contributed by atoms with Gasteiger partial charge in [0, 0.05) is 12.5 Å². The molecule has 0 aliphatic rings. The van der Waals surface area contributed by atoms with Crippen LogP contribution in [-0.4, -0.2) is 30.8 Å². The number of pyridine rings is 1. The van der Waals surface area contributed by atoms with E-state index < -0.39 is 23.7 Å². The van der Waals surface area contributed by atoms with Gasteiger partial charge in [-0.25, -0.2) is 15.1 Å². The molecule has 0 aromatic carbocycles. The molecule has 23 heavy (non-hydrogen) atoms. The summed E-state index contributed by atoms with van der Waals surface area (Å²) in [6, 6.07) is 3.09. The standard InChI is InChI=1S/C14H18F3N3O3/c1-5-11(21)20-13(12(22)23-4,14(15,16)17)19-10-7-8(2)6-9(3)18-10/h6-7H,5H2,1-4H3,(H,18,19)(H,20,21)/p+1/t13-/m0/s1. The number of hydrogen-bond acceptors (Lipinski definition) is 4. The van der Waals surface area contributed by atoms with Crippen molar-refractivity contribution in [1.29, 1.82) is 0 Å². The van der Waals surface area contributed by atoms with Gasteiger partial charge >= 0.3 is 17.8 Å². The summed E-state index contributed by atoms with van der Waals surface area (Å²) in [6.07, 6.45) is -5.36. The van der Waals surface area contributed by atoms with E-state index in [4.69, 9.17) is 0 Å². The molecular weight excluding hydrogens is 315 g/mol. The zero-order valence-corrected chi connectivity index (χ0v) is 13.2. The summed E-state index contributed by atoms with van der Waals surface area (Å²) in [7, 11) is 0.813. The summed E-state index contributed by atoms with van der Waals surface area (Å²) in [5.74, 6) is -2.70. The van der Waals surface area contributed by atoms with Crippen molar-refractivity contribution in [2.45, 2.75) is 39.0 Å². The lowest BCUT2D eigenvalue weighted by Crippen LogP contribution is -2.69. The average Bonchev–Trinajstić information content (AvgIpc) is 2.43. The summed E-state index contributed by atoms with van der Waals surface area (Å²) in [4.78, 5) is 26.1. The second kappa shape index (κ2) is 6.84. The Morgan fingerprint density at radius 3 is 2.30 bits per heavy atom. The van der Waals surface area contributed by atoms with E-state index in [-0.39, 0.29) is 12.2 Å². The highest BCUT2D eigenvalue weighted by Gasteiger charge is 2.67. The molecule has 1 amide bonds. The fourth-order valence-corrected chi connectivity index (χ4v) is 2.01. The molecule has 0 saturated carbocycles. The molecule has 3 N–H and O–H groups in total. The van der Waals surface area contributed by atoms with E-state index in [0.29, 0.717) is 11.3 Å². The Bertz CT molecular complexity index is 584. The van der Waals surface area contributed by atoms with Crippen molar-refractivity contribution in [3.05, 3.63) is 23.4 Å². The Morgan fingerprint density at radius 1 is 1.26 bits per heavy atom. The summed E-state index contributed by atoms with van der Waals surface area (Å²) in [5.41, 5.74) is -2.13. The molecule has 0 bridgehead atoms. The number of rotatable bonds is 5. The van der Waals surface area contributed by atoms with E-state index in [2.05, 4.69) is 9.72 Å². The first kappa shape index (κ1) is 18.7. The normalized spacial score (nSPS) is 13.9. The van der Waals surface area contributed by atoms with Crippen LogP contribution in [0.5, 0.6) is 0 Å². The number of methoxy groups -OCH3 is 1. The SMILES string of the molecule is CCC(=O)N[C@@](Nc1cc(C)cc(C)[nH+]1)(C(=O)OC)C(F)(F)F. The molecule has 0 radical (unpaired) electrons. The summed E-state index contributed by atoms with van der Waals surface area (Å²) in [5, 5.41) is 3.73. The Morgan fingerprint density at radius 2 is 1.87 bits per heavy atom. The molecule has 0 unspecified atom stereocenters. The number of alkyl halides is 3. The minimum atomic E-state index is -5.13. The minimum absolute atomic E-state index is 0.0818. The van der Waals surface area contributed by atoms with Crippen molar-refractivity contribution < 1.29 is 32.5 Å². The van der Waals surface area contributed by atoms with Crippen LogP contribution in [0, 0.1) is 13.8 Å². The van der Waals surface area contributed by atoms with E-state index in [1.807, 2.05) is 5.32 Å². The first-order valence-corrected chi connectivity index (χ1v) is 6.80. The molecule has 1 atom stereocenters. The number of carbonyl (C=O) groups excluding carboxylic acids is 2. The fourth-order valence-electron chi connectivity index (χ4n) is 2.01. The number of hydrogen-bond donors (Lipinski definition) is 2. The number of ether oxygens (including phenoxy) is 1. The molecular formula is C14H19F3N3O3+. The largest absolute Gasteiger partial charge is 0.464 e. The van der Waals surface area contributed by atoms with Crippen LogP contribution in [0.4, 0.5) is 19.0 Å². The molecule has 1 aromatic rings. The molecule has 0 fully saturated rings. The number of nitrogens with one attached hydrogen (secondary N) is 3. The van der Waals surface area contributed by atoms with Gasteiger partial charge in [0.1, 0.15) is 0 Å². The van der Waals surface area contributed by atoms with E-state index in [1.54, 1.807) is 25.2 Å². The Kier molecular flexibility index (Phi) is 5.57. The number of aromatic nitrogens is 1. The van der Waals surface area contributed by atoms with Crippen molar-refractivity contribution in [3.63, 3.8) is 0 Å². The first-order valence-electron chi connectivity index (χ1n) is 6.80. The second-order valence-electron chi connectivity index (χ2n) is 5.02. The molecule has 1 aromatic heterocycles. The zero-order valence-electron chi connectivity index (χ0n) is 13.2. The van der Waals surface area contributed by atoms with E-state index in [9.17, 15) is 22.8 Å². The van der Waals surface area contributed by atoms with Crippen LogP contribution in [0.25, 0.3) is 0 Å². The van der Waals surface area contributed by atoms with Crippen molar-refractivity contribution in [1.82, 2.24) is 5.32 Å². The van der Waals surface area contributed by atoms with Gasteiger partial charge in [-0.3, -0.25) is 10.1 Å². The maximum atomic E-state index is 13.6. The van der Waals surface area contributed by atoms with Crippen molar-refractivity contribution >= 4 is 17.7 Å². The number of esters is 1. The van der Waals surface area contributed by atoms with Gasteiger partial charge in [0.15, 0.2) is 0 Å². The highest BCUT2D eigenvalue weighted by Crippen LogP contribution is 2.32. The lowest BCUT2D eigenvalue weighted by atomic mass is 10.1. The monoisotopic (exact) mass is 334 g/mol. The van der Waals surface area contributed by atoms with Gasteiger partial charge in [-0.05, 0) is 25.5 Å². The molecule has 128 valence electrons. The summed E-state index contributed by atoms with van der Waals surface area (Å²) < 4.78 is 45.1. The van der Waals surface area contributed by atoms with Crippen molar-refractivity contribution in [2.24, 2.45) is 0 Å². The van der Waals surface area contributed by atoms with Gasteiger partial charge in [0.25, 0.3) is 5.82 Å². The van der Waals surface area contributed by atoms with Crippen LogP contribution in [0.2, 0.25) is 0 Å². The van der Waals surface area contributed by atoms with Gasteiger partial charge in [-0.15, -0.1) is 0 Å². The lowest BCUT2D eigenvalue weighted by Gasteiger charge is -2.30. The zero-order chi connectivity index (χ0) is 17.8. The van der Waals surface area contributed by atoms with Gasteiger partial charge < -0.3 is 4.74 Å². The second-order valence-corrected chi connectivity index (χ2v) is 5.02. The third-order valence-electron chi connectivity index (χ3n) is 3.04. The Labute approximate surface area is 131 Å². The third kappa shape index (κ3) is 4.11. The highest BCUT2D eigenvalue weighted by molar-refractivity contribution is 5.90. The van der Waals surface area contributed by atoms with Gasteiger partial charge in [-0.1, -0.05) is 6.92 Å². The number of carbonyl (C=O) groups is 2. The number of amides is 1. The first-order chi connectivity index (χ1) is 10.6. The molecule has 1 rings (SSSR count). The minimum Gasteiger partial charge on any atom is -0.464 e. The topological polar surface area (TPSA) is 81.6 Å². The number of aryl methyl sites for hydroxylation is 2. The molecule has 0 aliphatic heterocycles. The molecule has 1 heterocycles. The number of aromatic amines is 1. The van der Waals surface area contributed by atoms with E-state index in [1.165, 1.54) is 13.0 Å². The molecule has 0 spiro atoms. The maximum Gasteiger partial charge on any atom is 0.464 e. The van der Waals surface area contributed by atoms with Crippen LogP contribution >= 0.6 is 0 Å². The van der Waals surface area contributed by atoms with Crippen LogP contribution < -0.4 is 15.6 Å².